The third kappa shape index (κ3) is 3.55. The summed E-state index contributed by atoms with van der Waals surface area (Å²) in [6, 6.07) is 13.2. The summed E-state index contributed by atoms with van der Waals surface area (Å²) in [5.74, 6) is 0.455. The summed E-state index contributed by atoms with van der Waals surface area (Å²) in [6.07, 6.45) is 1.58. The number of nitrogens with one attached hydrogen (secondary N) is 1. The van der Waals surface area contributed by atoms with E-state index in [1.807, 2.05) is 43.3 Å². The molecule has 2 heterocycles. The predicted molar refractivity (Wildman–Crippen MR) is 93.8 cm³/mol. The van der Waals surface area contributed by atoms with Gasteiger partial charge in [-0.25, -0.2) is 4.98 Å². The zero-order valence-electron chi connectivity index (χ0n) is 13.2. The lowest BCUT2D eigenvalue weighted by atomic mass is 10.1. The number of aliphatic hydroxyl groups is 1. The van der Waals surface area contributed by atoms with E-state index in [9.17, 15) is 4.79 Å². The van der Waals surface area contributed by atoms with Gasteiger partial charge in [0.1, 0.15) is 4.88 Å². The van der Waals surface area contributed by atoms with Crippen molar-refractivity contribution < 1.29 is 14.3 Å². The molecule has 0 bridgehead atoms. The number of furan rings is 1. The minimum absolute atomic E-state index is 0.00610. The van der Waals surface area contributed by atoms with Gasteiger partial charge < -0.3 is 14.8 Å². The standard InChI is InChI=1S/C18H18N2O3S/c1-12(11-21)10-19-17(22)16-15(13-6-3-2-4-7-13)20-18(24-16)14-8-5-9-23-14/h2-9,12,21H,10-11H2,1H3,(H,19,22). The van der Waals surface area contributed by atoms with E-state index in [4.69, 9.17) is 9.52 Å². The Labute approximate surface area is 144 Å². The van der Waals surface area contributed by atoms with Crippen molar-refractivity contribution in [1.29, 1.82) is 0 Å². The molecule has 0 radical (unpaired) electrons. The number of carbonyl (C=O) groups excluding carboxylic acids is 1. The van der Waals surface area contributed by atoms with Crippen molar-refractivity contribution in [3.8, 4) is 22.0 Å². The Kier molecular flexibility index (Phi) is 5.08. The van der Waals surface area contributed by atoms with E-state index in [-0.39, 0.29) is 18.4 Å². The number of hydrogen-bond acceptors (Lipinski definition) is 5. The Balaban J connectivity index is 1.95. The lowest BCUT2D eigenvalue weighted by molar-refractivity contribution is 0.0947. The lowest BCUT2D eigenvalue weighted by Gasteiger charge is -2.09. The number of carbonyl (C=O) groups is 1. The van der Waals surface area contributed by atoms with Gasteiger partial charge in [-0.3, -0.25) is 4.79 Å². The molecule has 2 N–H and O–H groups in total. The number of thiazole rings is 1. The van der Waals surface area contributed by atoms with Crippen LogP contribution in [-0.2, 0) is 0 Å². The molecule has 124 valence electrons. The highest BCUT2D eigenvalue weighted by Gasteiger charge is 2.21. The van der Waals surface area contributed by atoms with Crippen molar-refractivity contribution in [3.05, 3.63) is 53.6 Å². The summed E-state index contributed by atoms with van der Waals surface area (Å²) in [7, 11) is 0. The van der Waals surface area contributed by atoms with Crippen LogP contribution in [0.15, 0.2) is 53.1 Å². The van der Waals surface area contributed by atoms with E-state index in [1.54, 1.807) is 12.3 Å². The van der Waals surface area contributed by atoms with Crippen molar-refractivity contribution in [2.45, 2.75) is 6.92 Å². The molecule has 1 amide bonds. The minimum atomic E-state index is -0.190. The Morgan fingerprint density at radius 2 is 2.08 bits per heavy atom. The van der Waals surface area contributed by atoms with Gasteiger partial charge in [0.25, 0.3) is 5.91 Å². The van der Waals surface area contributed by atoms with Gasteiger partial charge in [-0.2, -0.15) is 0 Å². The van der Waals surface area contributed by atoms with E-state index in [0.717, 1.165) is 5.56 Å². The zero-order valence-corrected chi connectivity index (χ0v) is 14.0. The molecular weight excluding hydrogens is 324 g/mol. The van der Waals surface area contributed by atoms with Crippen LogP contribution < -0.4 is 5.32 Å². The Morgan fingerprint density at radius 3 is 2.75 bits per heavy atom. The van der Waals surface area contributed by atoms with Crippen molar-refractivity contribution in [2.24, 2.45) is 5.92 Å². The normalized spacial score (nSPS) is 12.1. The molecule has 5 nitrogen and oxygen atoms in total. The average Bonchev–Trinajstić information content (AvgIpc) is 3.29. The molecule has 24 heavy (non-hydrogen) atoms. The number of benzene rings is 1. The summed E-state index contributed by atoms with van der Waals surface area (Å²) in [4.78, 5) is 17.7. The second kappa shape index (κ2) is 7.42. The summed E-state index contributed by atoms with van der Waals surface area (Å²) in [5, 5.41) is 12.6. The molecule has 0 aliphatic carbocycles. The van der Waals surface area contributed by atoms with Crippen LogP contribution in [0.4, 0.5) is 0 Å². The molecule has 0 spiro atoms. The fourth-order valence-corrected chi connectivity index (χ4v) is 3.16. The molecular formula is C18H18N2O3S. The molecule has 0 fully saturated rings. The van der Waals surface area contributed by atoms with Crippen molar-refractivity contribution in [2.75, 3.05) is 13.2 Å². The summed E-state index contributed by atoms with van der Waals surface area (Å²) < 4.78 is 5.40. The van der Waals surface area contributed by atoms with Gasteiger partial charge in [0.15, 0.2) is 10.8 Å². The highest BCUT2D eigenvalue weighted by molar-refractivity contribution is 7.17. The minimum Gasteiger partial charge on any atom is -0.462 e. The molecule has 1 atom stereocenters. The van der Waals surface area contributed by atoms with E-state index >= 15 is 0 Å². The number of aliphatic hydroxyl groups excluding tert-OH is 1. The smallest absolute Gasteiger partial charge is 0.263 e. The second-order valence-corrected chi connectivity index (χ2v) is 6.54. The summed E-state index contributed by atoms with van der Waals surface area (Å²) in [5.41, 5.74) is 1.52. The van der Waals surface area contributed by atoms with E-state index in [0.29, 0.717) is 27.9 Å². The molecule has 3 aromatic rings. The van der Waals surface area contributed by atoms with Crippen LogP contribution in [0.1, 0.15) is 16.6 Å². The largest absolute Gasteiger partial charge is 0.462 e. The van der Waals surface area contributed by atoms with Gasteiger partial charge in [0.2, 0.25) is 0 Å². The number of aromatic nitrogens is 1. The van der Waals surface area contributed by atoms with Crippen molar-refractivity contribution >= 4 is 17.2 Å². The van der Waals surface area contributed by atoms with Gasteiger partial charge in [-0.1, -0.05) is 37.3 Å². The van der Waals surface area contributed by atoms with Crippen LogP contribution in [0, 0.1) is 5.92 Å². The Bertz CT molecular complexity index is 797. The van der Waals surface area contributed by atoms with Gasteiger partial charge in [0.05, 0.1) is 12.0 Å². The highest BCUT2D eigenvalue weighted by Crippen LogP contribution is 2.34. The fourth-order valence-electron chi connectivity index (χ4n) is 2.18. The molecule has 1 unspecified atom stereocenters. The number of hydrogen-bond donors (Lipinski definition) is 2. The maximum atomic E-state index is 12.6. The van der Waals surface area contributed by atoms with Crippen LogP contribution in [0.3, 0.4) is 0 Å². The van der Waals surface area contributed by atoms with Crippen molar-refractivity contribution in [3.63, 3.8) is 0 Å². The van der Waals surface area contributed by atoms with Crippen LogP contribution in [0.2, 0.25) is 0 Å². The first kappa shape index (κ1) is 16.4. The molecule has 0 saturated carbocycles. The number of rotatable bonds is 6. The molecule has 2 aromatic heterocycles. The van der Waals surface area contributed by atoms with Crippen LogP contribution in [0.25, 0.3) is 22.0 Å². The lowest BCUT2D eigenvalue weighted by Crippen LogP contribution is -2.29. The fraction of sp³-hybridized carbons (Fsp3) is 0.222. The average molecular weight is 342 g/mol. The van der Waals surface area contributed by atoms with Crippen LogP contribution in [0.5, 0.6) is 0 Å². The maximum absolute atomic E-state index is 12.6. The SMILES string of the molecule is CC(CO)CNC(=O)c1sc(-c2ccco2)nc1-c1ccccc1. The molecule has 3 rings (SSSR count). The number of amides is 1. The first-order chi connectivity index (χ1) is 11.7. The van der Waals surface area contributed by atoms with Crippen molar-refractivity contribution in [1.82, 2.24) is 10.3 Å². The third-order valence-corrected chi connectivity index (χ3v) is 4.60. The van der Waals surface area contributed by atoms with E-state index < -0.39 is 0 Å². The van der Waals surface area contributed by atoms with Crippen LogP contribution >= 0.6 is 11.3 Å². The van der Waals surface area contributed by atoms with Crippen LogP contribution in [-0.4, -0.2) is 29.1 Å². The maximum Gasteiger partial charge on any atom is 0.263 e. The Hall–Kier alpha value is -2.44. The van der Waals surface area contributed by atoms with E-state index in [2.05, 4.69) is 10.3 Å². The zero-order chi connectivity index (χ0) is 16.9. The van der Waals surface area contributed by atoms with Gasteiger partial charge >= 0.3 is 0 Å². The molecule has 0 saturated heterocycles. The van der Waals surface area contributed by atoms with Gasteiger partial charge in [-0.05, 0) is 18.1 Å². The molecule has 6 heteroatoms. The molecule has 1 aromatic carbocycles. The first-order valence-corrected chi connectivity index (χ1v) is 8.50. The molecule has 0 aliphatic rings. The number of nitrogens with zero attached hydrogens (tertiary/aromatic N) is 1. The van der Waals surface area contributed by atoms with Gasteiger partial charge in [0, 0.05) is 18.7 Å². The second-order valence-electron chi connectivity index (χ2n) is 5.54. The monoisotopic (exact) mass is 342 g/mol. The molecule has 0 aliphatic heterocycles. The first-order valence-electron chi connectivity index (χ1n) is 7.68. The van der Waals surface area contributed by atoms with Gasteiger partial charge in [-0.15, -0.1) is 11.3 Å². The Morgan fingerprint density at radius 1 is 1.29 bits per heavy atom. The summed E-state index contributed by atoms with van der Waals surface area (Å²) >= 11 is 1.30. The summed E-state index contributed by atoms with van der Waals surface area (Å²) in [6.45, 7) is 2.32. The highest BCUT2D eigenvalue weighted by atomic mass is 32.1. The quantitative estimate of drug-likeness (QED) is 0.720. The van der Waals surface area contributed by atoms with E-state index in [1.165, 1.54) is 11.3 Å². The topological polar surface area (TPSA) is 75.4 Å². The third-order valence-electron chi connectivity index (χ3n) is 3.54. The predicted octanol–water partition coefficient (Wildman–Crippen LogP) is 3.43.